The van der Waals surface area contributed by atoms with Gasteiger partial charge in [0.2, 0.25) is 0 Å². The molecule has 0 radical (unpaired) electrons. The van der Waals surface area contributed by atoms with Gasteiger partial charge in [0.1, 0.15) is 5.65 Å². The van der Waals surface area contributed by atoms with Gasteiger partial charge in [0.05, 0.1) is 16.9 Å². The molecule has 6 heteroatoms. The molecule has 1 aliphatic carbocycles. The molecule has 1 fully saturated rings. The van der Waals surface area contributed by atoms with Crippen LogP contribution in [0.2, 0.25) is 0 Å². The zero-order valence-electron chi connectivity index (χ0n) is 15.2. The first-order valence-corrected chi connectivity index (χ1v) is 9.05. The zero-order chi connectivity index (χ0) is 18.2. The maximum Gasteiger partial charge on any atom is 0.252 e. The molecule has 0 spiro atoms. The van der Waals surface area contributed by atoms with E-state index in [4.69, 9.17) is 5.73 Å². The molecular formula is C19H28N4O2. The van der Waals surface area contributed by atoms with Gasteiger partial charge in [-0.1, -0.05) is 13.8 Å². The maximum atomic E-state index is 11.9. The molecule has 6 nitrogen and oxygen atoms in total. The second-order valence-electron chi connectivity index (χ2n) is 7.82. The van der Waals surface area contributed by atoms with Crippen molar-refractivity contribution in [3.8, 4) is 0 Å². The van der Waals surface area contributed by atoms with Crippen LogP contribution < -0.4 is 11.1 Å². The number of anilines is 1. The minimum atomic E-state index is -0.633. The number of nitrogens with two attached hydrogens (primary N) is 1. The number of pyridine rings is 1. The van der Waals surface area contributed by atoms with Crippen molar-refractivity contribution in [1.82, 2.24) is 9.97 Å². The number of hydrogen-bond acceptors (Lipinski definition) is 4. The number of aromatic nitrogens is 2. The van der Waals surface area contributed by atoms with Crippen LogP contribution in [0, 0.1) is 11.8 Å². The molecule has 1 saturated carbocycles. The van der Waals surface area contributed by atoms with E-state index in [2.05, 4.69) is 29.1 Å². The Morgan fingerprint density at radius 1 is 1.56 bits per heavy atom. The van der Waals surface area contributed by atoms with Crippen LogP contribution in [0.5, 0.6) is 0 Å². The van der Waals surface area contributed by atoms with Gasteiger partial charge >= 0.3 is 0 Å². The normalized spacial score (nSPS) is 28.0. The van der Waals surface area contributed by atoms with Crippen LogP contribution in [0.1, 0.15) is 56.8 Å². The van der Waals surface area contributed by atoms with E-state index in [0.717, 1.165) is 42.4 Å². The summed E-state index contributed by atoms with van der Waals surface area (Å²) in [4.78, 5) is 19.2. The summed E-state index contributed by atoms with van der Waals surface area (Å²) in [5, 5.41) is 15.0. The van der Waals surface area contributed by atoms with Gasteiger partial charge in [-0.3, -0.25) is 4.79 Å². The molecule has 2 aromatic heterocycles. The first kappa shape index (κ1) is 17.7. The van der Waals surface area contributed by atoms with E-state index in [0.29, 0.717) is 17.4 Å². The van der Waals surface area contributed by atoms with Gasteiger partial charge in [-0.15, -0.1) is 0 Å². The molecular weight excluding hydrogens is 316 g/mol. The van der Waals surface area contributed by atoms with Gasteiger partial charge in [-0.25, -0.2) is 4.98 Å². The summed E-state index contributed by atoms with van der Waals surface area (Å²) in [7, 11) is 0. The molecule has 1 aliphatic rings. The Hall–Kier alpha value is -2.08. The molecule has 136 valence electrons. The average Bonchev–Trinajstić information content (AvgIpc) is 2.98. The van der Waals surface area contributed by atoms with Crippen molar-refractivity contribution < 1.29 is 9.90 Å². The third-order valence-electron chi connectivity index (χ3n) is 5.39. The highest BCUT2D eigenvalue weighted by Gasteiger charge is 2.37. The summed E-state index contributed by atoms with van der Waals surface area (Å²) in [5.74, 6) is 0.327. The lowest BCUT2D eigenvalue weighted by atomic mass is 9.71. The van der Waals surface area contributed by atoms with Crippen molar-refractivity contribution in [3.63, 3.8) is 0 Å². The monoisotopic (exact) mass is 344 g/mol. The van der Waals surface area contributed by atoms with E-state index in [1.165, 1.54) is 6.20 Å². The molecule has 0 aliphatic heterocycles. The lowest BCUT2D eigenvalue weighted by Crippen LogP contribution is -2.42. The van der Waals surface area contributed by atoms with Gasteiger partial charge in [-0.2, -0.15) is 0 Å². The molecule has 0 bridgehead atoms. The van der Waals surface area contributed by atoms with Crippen molar-refractivity contribution in [3.05, 3.63) is 24.0 Å². The van der Waals surface area contributed by atoms with Gasteiger partial charge in [0.25, 0.3) is 5.91 Å². The Kier molecular flexibility index (Phi) is 4.73. The highest BCUT2D eigenvalue weighted by Crippen LogP contribution is 2.39. The second-order valence-corrected chi connectivity index (χ2v) is 7.82. The van der Waals surface area contributed by atoms with E-state index in [1.54, 1.807) is 0 Å². The summed E-state index contributed by atoms with van der Waals surface area (Å²) in [6.45, 7) is 6.25. The minimum Gasteiger partial charge on any atom is -0.390 e. The summed E-state index contributed by atoms with van der Waals surface area (Å²) in [5.41, 5.74) is 6.80. The number of nitrogens with one attached hydrogen (secondary N) is 2. The van der Waals surface area contributed by atoms with Crippen molar-refractivity contribution in [2.24, 2.45) is 17.6 Å². The number of primary amides is 1. The smallest absolute Gasteiger partial charge is 0.252 e. The number of fused-ring (bicyclic) bond motifs is 1. The molecule has 2 aromatic rings. The van der Waals surface area contributed by atoms with Crippen LogP contribution in [-0.2, 0) is 0 Å². The van der Waals surface area contributed by atoms with Crippen molar-refractivity contribution in [2.45, 2.75) is 58.1 Å². The Morgan fingerprint density at radius 3 is 2.96 bits per heavy atom. The van der Waals surface area contributed by atoms with E-state index in [9.17, 15) is 9.90 Å². The first-order valence-electron chi connectivity index (χ1n) is 9.05. The topological polar surface area (TPSA) is 104 Å². The summed E-state index contributed by atoms with van der Waals surface area (Å²) in [6, 6.07) is 2.07. The number of carbonyl (C=O) groups excluding carboxylic acids is 1. The van der Waals surface area contributed by atoms with Crippen LogP contribution in [0.4, 0.5) is 5.69 Å². The highest BCUT2D eigenvalue weighted by atomic mass is 16.3. The summed E-state index contributed by atoms with van der Waals surface area (Å²) in [6.07, 6.45) is 6.90. The Balaban J connectivity index is 1.94. The SMILES string of the molecule is CC[C@H](Nc1c(C(N)=O)cnc2[nH]ccc12)[C@@H]1CC(C)C[C@@](C)(O)C1. The van der Waals surface area contributed by atoms with Crippen LogP contribution in [0.25, 0.3) is 11.0 Å². The largest absolute Gasteiger partial charge is 0.390 e. The summed E-state index contributed by atoms with van der Waals surface area (Å²) >= 11 is 0. The maximum absolute atomic E-state index is 11.9. The van der Waals surface area contributed by atoms with Crippen LogP contribution in [0.3, 0.4) is 0 Å². The third kappa shape index (κ3) is 3.63. The third-order valence-corrected chi connectivity index (χ3v) is 5.39. The van der Waals surface area contributed by atoms with E-state index in [1.807, 2.05) is 19.2 Å². The molecule has 5 N–H and O–H groups in total. The number of rotatable bonds is 5. The Bertz CT molecular complexity index is 768. The van der Waals surface area contributed by atoms with Crippen LogP contribution in [-0.4, -0.2) is 32.6 Å². The quantitative estimate of drug-likeness (QED) is 0.669. The number of nitrogens with zero attached hydrogens (tertiary/aromatic N) is 1. The van der Waals surface area contributed by atoms with E-state index >= 15 is 0 Å². The van der Waals surface area contributed by atoms with Gasteiger partial charge in [-0.05, 0) is 50.5 Å². The molecule has 1 amide bonds. The molecule has 1 unspecified atom stereocenters. The van der Waals surface area contributed by atoms with Gasteiger partial charge < -0.3 is 21.1 Å². The lowest BCUT2D eigenvalue weighted by Gasteiger charge is -2.41. The molecule has 0 aromatic carbocycles. The number of hydrogen-bond donors (Lipinski definition) is 4. The number of aliphatic hydroxyl groups is 1. The molecule has 25 heavy (non-hydrogen) atoms. The fraction of sp³-hybridized carbons (Fsp3) is 0.579. The fourth-order valence-electron chi connectivity index (χ4n) is 4.48. The fourth-order valence-corrected chi connectivity index (χ4v) is 4.48. The molecule has 2 heterocycles. The Labute approximate surface area is 148 Å². The van der Waals surface area contributed by atoms with Crippen LogP contribution >= 0.6 is 0 Å². The standard InChI is InChI=1S/C19H28N4O2/c1-4-15(12-7-11(2)8-19(3,25)9-12)23-16-13-5-6-21-18(13)22-10-14(16)17(20)24/h5-6,10-12,15,25H,4,7-9H2,1-3H3,(H2,20,24)(H2,21,22,23)/t11?,12-,15+,19-/m1/s1. The lowest BCUT2D eigenvalue weighted by molar-refractivity contribution is -0.0221. The predicted molar refractivity (Wildman–Crippen MR) is 99.4 cm³/mol. The van der Waals surface area contributed by atoms with E-state index < -0.39 is 11.5 Å². The molecule has 0 saturated heterocycles. The highest BCUT2D eigenvalue weighted by molar-refractivity contribution is 6.05. The van der Waals surface area contributed by atoms with Crippen molar-refractivity contribution in [1.29, 1.82) is 0 Å². The first-order chi connectivity index (χ1) is 11.8. The average molecular weight is 344 g/mol. The van der Waals surface area contributed by atoms with Gasteiger partial charge in [0, 0.05) is 23.8 Å². The van der Waals surface area contributed by atoms with Crippen molar-refractivity contribution in [2.75, 3.05) is 5.32 Å². The van der Waals surface area contributed by atoms with Crippen LogP contribution in [0.15, 0.2) is 18.5 Å². The number of aromatic amines is 1. The molecule has 4 atom stereocenters. The predicted octanol–water partition coefficient (Wildman–Crippen LogP) is 3.04. The summed E-state index contributed by atoms with van der Waals surface area (Å²) < 4.78 is 0. The molecule has 3 rings (SSSR count). The minimum absolute atomic E-state index is 0.160. The number of H-pyrrole nitrogens is 1. The number of amides is 1. The van der Waals surface area contributed by atoms with E-state index in [-0.39, 0.29) is 6.04 Å². The zero-order valence-corrected chi connectivity index (χ0v) is 15.2. The Morgan fingerprint density at radius 2 is 2.32 bits per heavy atom. The number of carbonyl (C=O) groups is 1. The van der Waals surface area contributed by atoms with Crippen molar-refractivity contribution >= 4 is 22.6 Å². The van der Waals surface area contributed by atoms with Gasteiger partial charge in [0.15, 0.2) is 0 Å². The second kappa shape index (κ2) is 6.67.